The minimum Gasteiger partial charge on any atom is -0.455 e. The molecule has 118 valence electrons. The number of nitrogens with zero attached hydrogens (tertiary/aromatic N) is 1. The van der Waals surface area contributed by atoms with Gasteiger partial charge in [0, 0.05) is 28.8 Å². The van der Waals surface area contributed by atoms with Gasteiger partial charge in [-0.15, -0.1) is 0 Å². The van der Waals surface area contributed by atoms with Crippen molar-refractivity contribution < 1.29 is 14.5 Å². The first kappa shape index (κ1) is 16.7. The van der Waals surface area contributed by atoms with Gasteiger partial charge in [0.05, 0.1) is 4.92 Å². The Kier molecular flexibility index (Phi) is 5.49. The Bertz CT molecular complexity index is 741. The van der Waals surface area contributed by atoms with Crippen molar-refractivity contribution in [1.82, 2.24) is 0 Å². The van der Waals surface area contributed by atoms with Crippen LogP contribution in [-0.2, 0) is 9.53 Å². The van der Waals surface area contributed by atoms with Gasteiger partial charge >= 0.3 is 5.97 Å². The predicted molar refractivity (Wildman–Crippen MR) is 88.1 cm³/mol. The molecule has 2 rings (SSSR count). The topological polar surface area (TPSA) is 69.4 Å². The number of hydrogen-bond donors (Lipinski definition) is 0. The van der Waals surface area contributed by atoms with Crippen molar-refractivity contribution in [2.24, 2.45) is 0 Å². The van der Waals surface area contributed by atoms with Crippen LogP contribution < -0.4 is 0 Å². The van der Waals surface area contributed by atoms with Gasteiger partial charge in [-0.1, -0.05) is 29.8 Å². The first-order valence-corrected chi connectivity index (χ1v) is 7.23. The third-order valence-electron chi connectivity index (χ3n) is 3.15. The van der Waals surface area contributed by atoms with Crippen LogP contribution in [0.2, 0.25) is 5.02 Å². The minimum atomic E-state index is -0.518. The van der Waals surface area contributed by atoms with E-state index in [1.807, 2.05) is 6.07 Å². The molecule has 0 N–H and O–H groups in total. The molecule has 2 aromatic carbocycles. The highest BCUT2D eigenvalue weighted by atomic mass is 35.5. The molecule has 0 aliphatic rings. The highest BCUT2D eigenvalue weighted by Gasteiger charge is 2.12. The molecule has 1 atom stereocenters. The van der Waals surface area contributed by atoms with E-state index in [-0.39, 0.29) is 5.69 Å². The lowest BCUT2D eigenvalue weighted by Gasteiger charge is -2.13. The van der Waals surface area contributed by atoms with Crippen LogP contribution in [0.4, 0.5) is 5.69 Å². The number of hydrogen-bond acceptors (Lipinski definition) is 4. The van der Waals surface area contributed by atoms with Crippen LogP contribution in [0.3, 0.4) is 0 Å². The highest BCUT2D eigenvalue weighted by molar-refractivity contribution is 6.31. The summed E-state index contributed by atoms with van der Waals surface area (Å²) in [6.45, 7) is 1.73. The fourth-order valence-corrected chi connectivity index (χ4v) is 2.24. The third-order valence-corrected chi connectivity index (χ3v) is 3.50. The molecule has 0 saturated carbocycles. The lowest BCUT2D eigenvalue weighted by molar-refractivity contribution is -0.384. The molecular formula is C17H14ClNO4. The molecule has 0 aliphatic heterocycles. The number of rotatable bonds is 5. The summed E-state index contributed by atoms with van der Waals surface area (Å²) in [5.41, 5.74) is 1.39. The van der Waals surface area contributed by atoms with Crippen molar-refractivity contribution in [3.8, 4) is 0 Å². The monoisotopic (exact) mass is 331 g/mol. The molecule has 5 nitrogen and oxygen atoms in total. The van der Waals surface area contributed by atoms with Gasteiger partial charge in [0.15, 0.2) is 0 Å². The lowest BCUT2D eigenvalue weighted by Crippen LogP contribution is -2.06. The van der Waals surface area contributed by atoms with Crippen molar-refractivity contribution in [2.75, 3.05) is 0 Å². The van der Waals surface area contributed by atoms with Gasteiger partial charge in [-0.05, 0) is 36.8 Å². The van der Waals surface area contributed by atoms with Gasteiger partial charge in [0.25, 0.3) is 5.69 Å². The average molecular weight is 332 g/mol. The second kappa shape index (κ2) is 7.56. The Labute approximate surface area is 138 Å². The van der Waals surface area contributed by atoms with E-state index < -0.39 is 17.0 Å². The minimum absolute atomic E-state index is 0.00271. The van der Waals surface area contributed by atoms with E-state index in [1.54, 1.807) is 37.3 Å². The summed E-state index contributed by atoms with van der Waals surface area (Å²) in [5.74, 6) is -0.518. The van der Waals surface area contributed by atoms with E-state index in [0.29, 0.717) is 10.6 Å². The number of ether oxygens (including phenoxy) is 1. The number of carbonyl (C=O) groups excluding carboxylic acids is 1. The fourth-order valence-electron chi connectivity index (χ4n) is 1.95. The van der Waals surface area contributed by atoms with Crippen LogP contribution in [0.5, 0.6) is 0 Å². The summed E-state index contributed by atoms with van der Waals surface area (Å²) in [6, 6.07) is 13.0. The molecule has 6 heteroatoms. The lowest BCUT2D eigenvalue weighted by atomic mass is 10.1. The molecule has 0 radical (unpaired) electrons. The van der Waals surface area contributed by atoms with E-state index in [2.05, 4.69) is 0 Å². The Hall–Kier alpha value is -2.66. The molecule has 0 aliphatic carbocycles. The standard InChI is InChI=1S/C17H14ClNO4/c1-12(15-4-2-3-5-16(15)18)23-17(20)11-8-13-6-9-14(10-7-13)19(21)22/h2-12H,1H3/b11-8+/t12-/m0/s1. The summed E-state index contributed by atoms with van der Waals surface area (Å²) >= 11 is 6.05. The number of benzene rings is 2. The van der Waals surface area contributed by atoms with Crippen LogP contribution in [0.1, 0.15) is 24.2 Å². The molecular weight excluding hydrogens is 318 g/mol. The maximum atomic E-state index is 11.8. The van der Waals surface area contributed by atoms with Crippen LogP contribution in [0, 0.1) is 10.1 Å². The van der Waals surface area contributed by atoms with Gasteiger partial charge in [0.1, 0.15) is 6.10 Å². The Morgan fingerprint density at radius 2 is 1.87 bits per heavy atom. The summed E-state index contributed by atoms with van der Waals surface area (Å²) in [7, 11) is 0. The van der Waals surface area contributed by atoms with Crippen LogP contribution in [0.15, 0.2) is 54.6 Å². The molecule has 0 spiro atoms. The maximum absolute atomic E-state index is 11.8. The first-order valence-electron chi connectivity index (χ1n) is 6.85. The fraction of sp³-hybridized carbons (Fsp3) is 0.118. The van der Waals surface area contributed by atoms with E-state index in [0.717, 1.165) is 5.56 Å². The van der Waals surface area contributed by atoms with Crippen molar-refractivity contribution >= 4 is 29.3 Å². The number of nitro groups is 1. The molecule has 0 saturated heterocycles. The second-order valence-corrected chi connectivity index (χ2v) is 5.19. The number of non-ortho nitro benzene ring substituents is 1. The summed E-state index contributed by atoms with van der Waals surface area (Å²) in [5, 5.41) is 11.1. The van der Waals surface area contributed by atoms with Gasteiger partial charge in [-0.25, -0.2) is 4.79 Å². The van der Waals surface area contributed by atoms with Crippen LogP contribution >= 0.6 is 11.6 Å². The first-order chi connectivity index (χ1) is 11.0. The molecule has 0 fully saturated rings. The van der Waals surface area contributed by atoms with E-state index in [9.17, 15) is 14.9 Å². The largest absolute Gasteiger partial charge is 0.455 e. The number of carbonyl (C=O) groups is 1. The Balaban J connectivity index is 1.99. The molecule has 0 amide bonds. The van der Waals surface area contributed by atoms with E-state index in [4.69, 9.17) is 16.3 Å². The summed E-state index contributed by atoms with van der Waals surface area (Å²) in [6.07, 6.45) is 2.33. The quantitative estimate of drug-likeness (QED) is 0.348. The van der Waals surface area contributed by atoms with Crippen molar-refractivity contribution in [3.05, 3.63) is 80.9 Å². The smallest absolute Gasteiger partial charge is 0.331 e. The zero-order chi connectivity index (χ0) is 16.8. The molecule has 2 aromatic rings. The number of halogens is 1. The van der Waals surface area contributed by atoms with Crippen LogP contribution in [0.25, 0.3) is 6.08 Å². The number of nitro benzene ring substituents is 1. The molecule has 0 aromatic heterocycles. The van der Waals surface area contributed by atoms with Crippen molar-refractivity contribution in [2.45, 2.75) is 13.0 Å². The maximum Gasteiger partial charge on any atom is 0.331 e. The Morgan fingerprint density at radius 3 is 2.48 bits per heavy atom. The predicted octanol–water partition coefficient (Wildman–Crippen LogP) is 4.57. The third kappa shape index (κ3) is 4.66. The normalized spacial score (nSPS) is 12.1. The molecule has 0 heterocycles. The van der Waals surface area contributed by atoms with Gasteiger partial charge in [0.2, 0.25) is 0 Å². The second-order valence-electron chi connectivity index (χ2n) is 4.78. The molecule has 0 unspecified atom stereocenters. The van der Waals surface area contributed by atoms with Gasteiger partial charge in [-0.3, -0.25) is 10.1 Å². The van der Waals surface area contributed by atoms with E-state index in [1.165, 1.54) is 24.3 Å². The highest BCUT2D eigenvalue weighted by Crippen LogP contribution is 2.25. The van der Waals surface area contributed by atoms with E-state index >= 15 is 0 Å². The van der Waals surface area contributed by atoms with Crippen LogP contribution in [-0.4, -0.2) is 10.9 Å². The summed E-state index contributed by atoms with van der Waals surface area (Å²) < 4.78 is 5.28. The summed E-state index contributed by atoms with van der Waals surface area (Å²) in [4.78, 5) is 21.9. The molecule has 0 bridgehead atoms. The zero-order valence-corrected chi connectivity index (χ0v) is 13.1. The van der Waals surface area contributed by atoms with Crippen molar-refractivity contribution in [1.29, 1.82) is 0 Å². The average Bonchev–Trinajstić information content (AvgIpc) is 2.53. The zero-order valence-electron chi connectivity index (χ0n) is 12.3. The SMILES string of the molecule is C[C@H](OC(=O)/C=C/c1ccc([N+](=O)[O-])cc1)c1ccccc1Cl. The van der Waals surface area contributed by atoms with Gasteiger partial charge < -0.3 is 4.74 Å². The number of esters is 1. The Morgan fingerprint density at radius 1 is 1.22 bits per heavy atom. The van der Waals surface area contributed by atoms with Crippen molar-refractivity contribution in [3.63, 3.8) is 0 Å². The van der Waals surface area contributed by atoms with Gasteiger partial charge in [-0.2, -0.15) is 0 Å². The molecule has 23 heavy (non-hydrogen) atoms.